The van der Waals surface area contributed by atoms with E-state index < -0.39 is 9.84 Å². The Morgan fingerprint density at radius 3 is 2.26 bits per heavy atom. The van der Waals surface area contributed by atoms with Crippen molar-refractivity contribution >= 4 is 34.7 Å². The van der Waals surface area contributed by atoms with Gasteiger partial charge in [-0.05, 0) is 42.6 Å². The van der Waals surface area contributed by atoms with E-state index in [1.54, 1.807) is 24.3 Å². The Bertz CT molecular complexity index is 801. The summed E-state index contributed by atoms with van der Waals surface area (Å²) in [5.74, 6) is 0.0348. The summed E-state index contributed by atoms with van der Waals surface area (Å²) in [6, 6.07) is 16.7. The predicted molar refractivity (Wildman–Crippen MR) is 115 cm³/mol. The lowest BCUT2D eigenvalue weighted by Gasteiger charge is -2.23. The minimum absolute atomic E-state index is 0. The minimum Gasteiger partial charge on any atom is -0.327 e. The third-order valence-electron chi connectivity index (χ3n) is 4.75. The molecule has 0 bridgehead atoms. The van der Waals surface area contributed by atoms with Gasteiger partial charge in [0, 0.05) is 19.1 Å². The third kappa shape index (κ3) is 6.77. The molecule has 27 heavy (non-hydrogen) atoms. The van der Waals surface area contributed by atoms with Crippen molar-refractivity contribution in [2.45, 2.75) is 42.5 Å². The smallest absolute Gasteiger partial charge is 0.182 e. The lowest BCUT2D eigenvalue weighted by molar-refractivity contribution is 0.264. The van der Waals surface area contributed by atoms with E-state index >= 15 is 0 Å². The molecule has 2 aromatic carbocycles. The number of sulfone groups is 1. The number of benzene rings is 2. The standard InChI is InChI=1S/C20H26N2O2S.2ClH/c21-19-10-6-7-13-22(15-19)14-17-8-4-5-9-18(17)16-25(23,24)20-11-2-1-3-12-20;;/h1-5,8-9,11-12,19H,6-7,10,13-16,21H2;2*1H. The number of hydrogen-bond donors (Lipinski definition) is 1. The highest BCUT2D eigenvalue weighted by atomic mass is 35.5. The topological polar surface area (TPSA) is 63.4 Å². The van der Waals surface area contributed by atoms with Gasteiger partial charge >= 0.3 is 0 Å². The highest BCUT2D eigenvalue weighted by Gasteiger charge is 2.19. The number of nitrogens with two attached hydrogens (primary N) is 1. The molecular weight excluding hydrogens is 403 g/mol. The quantitative estimate of drug-likeness (QED) is 0.782. The molecule has 1 aliphatic heterocycles. The zero-order chi connectivity index (χ0) is 17.7. The van der Waals surface area contributed by atoms with Crippen molar-refractivity contribution in [2.75, 3.05) is 13.1 Å². The molecule has 1 aliphatic rings. The van der Waals surface area contributed by atoms with Crippen molar-refractivity contribution in [2.24, 2.45) is 5.73 Å². The molecule has 0 saturated carbocycles. The number of rotatable bonds is 5. The molecule has 7 heteroatoms. The second kappa shape index (κ2) is 11.0. The van der Waals surface area contributed by atoms with Crippen LogP contribution < -0.4 is 5.73 Å². The molecule has 4 nitrogen and oxygen atoms in total. The van der Waals surface area contributed by atoms with Gasteiger partial charge in [0.2, 0.25) is 0 Å². The third-order valence-corrected chi connectivity index (χ3v) is 6.43. The van der Waals surface area contributed by atoms with Crippen molar-refractivity contribution in [3.05, 3.63) is 65.7 Å². The molecule has 0 aromatic heterocycles. The van der Waals surface area contributed by atoms with Gasteiger partial charge in [-0.15, -0.1) is 24.8 Å². The first kappa shape index (κ1) is 23.9. The van der Waals surface area contributed by atoms with E-state index in [0.29, 0.717) is 4.90 Å². The van der Waals surface area contributed by atoms with Gasteiger partial charge in [-0.2, -0.15) is 0 Å². The van der Waals surface area contributed by atoms with E-state index in [4.69, 9.17) is 5.73 Å². The largest absolute Gasteiger partial charge is 0.327 e. The molecule has 1 heterocycles. The Morgan fingerprint density at radius 1 is 0.926 bits per heavy atom. The summed E-state index contributed by atoms with van der Waals surface area (Å²) in [4.78, 5) is 2.73. The molecule has 2 N–H and O–H groups in total. The summed E-state index contributed by atoms with van der Waals surface area (Å²) in [5.41, 5.74) is 8.12. The molecule has 1 fully saturated rings. The van der Waals surface area contributed by atoms with E-state index in [1.165, 1.54) is 6.42 Å². The van der Waals surface area contributed by atoms with Gasteiger partial charge in [0.25, 0.3) is 0 Å². The lowest BCUT2D eigenvalue weighted by atomic mass is 10.1. The summed E-state index contributed by atoms with van der Waals surface area (Å²) in [7, 11) is -3.34. The molecule has 0 radical (unpaired) electrons. The second-order valence-electron chi connectivity index (χ2n) is 6.83. The van der Waals surface area contributed by atoms with Gasteiger partial charge in [-0.3, -0.25) is 4.90 Å². The molecule has 1 unspecified atom stereocenters. The average molecular weight is 431 g/mol. The van der Waals surface area contributed by atoms with Crippen LogP contribution in [0.2, 0.25) is 0 Å². The maximum atomic E-state index is 12.7. The SMILES string of the molecule is Cl.Cl.NC1CCCCN(Cc2ccccc2CS(=O)(=O)c2ccccc2)C1. The predicted octanol–water partition coefficient (Wildman–Crippen LogP) is 3.82. The Kier molecular flexibility index (Phi) is 9.77. The van der Waals surface area contributed by atoms with E-state index in [0.717, 1.165) is 43.6 Å². The first-order valence-electron chi connectivity index (χ1n) is 8.87. The Hall–Kier alpha value is -1.11. The Morgan fingerprint density at radius 2 is 1.56 bits per heavy atom. The fourth-order valence-corrected chi connectivity index (χ4v) is 4.84. The summed E-state index contributed by atoms with van der Waals surface area (Å²) in [6.07, 6.45) is 3.39. The van der Waals surface area contributed by atoms with Crippen LogP contribution in [0.1, 0.15) is 30.4 Å². The molecule has 1 atom stereocenters. The normalized spacial score (nSPS) is 18.0. The van der Waals surface area contributed by atoms with Crippen molar-refractivity contribution in [1.29, 1.82) is 0 Å². The number of likely N-dealkylation sites (tertiary alicyclic amines) is 1. The molecule has 150 valence electrons. The van der Waals surface area contributed by atoms with Crippen molar-refractivity contribution in [3.63, 3.8) is 0 Å². The van der Waals surface area contributed by atoms with E-state index in [1.807, 2.05) is 30.3 Å². The fraction of sp³-hybridized carbons (Fsp3) is 0.400. The summed E-state index contributed by atoms with van der Waals surface area (Å²) >= 11 is 0. The van der Waals surface area contributed by atoms with Crippen LogP contribution in [-0.2, 0) is 22.1 Å². The number of hydrogen-bond acceptors (Lipinski definition) is 4. The van der Waals surface area contributed by atoms with Gasteiger partial charge in [-0.1, -0.05) is 48.9 Å². The number of nitrogens with zero attached hydrogens (tertiary/aromatic N) is 1. The van der Waals surface area contributed by atoms with Crippen molar-refractivity contribution in [3.8, 4) is 0 Å². The summed E-state index contributed by atoms with van der Waals surface area (Å²) in [5, 5.41) is 0. The van der Waals surface area contributed by atoms with Gasteiger partial charge in [0.05, 0.1) is 10.6 Å². The van der Waals surface area contributed by atoms with Crippen molar-refractivity contribution in [1.82, 2.24) is 4.90 Å². The first-order chi connectivity index (χ1) is 12.0. The minimum atomic E-state index is -3.34. The van der Waals surface area contributed by atoms with Crippen LogP contribution in [0.5, 0.6) is 0 Å². The van der Waals surface area contributed by atoms with Crippen LogP contribution in [0.25, 0.3) is 0 Å². The zero-order valence-electron chi connectivity index (χ0n) is 15.3. The van der Waals surface area contributed by atoms with Crippen LogP contribution in [0.3, 0.4) is 0 Å². The summed E-state index contributed by atoms with van der Waals surface area (Å²) < 4.78 is 25.4. The van der Waals surface area contributed by atoms with Crippen LogP contribution in [-0.4, -0.2) is 32.4 Å². The summed E-state index contributed by atoms with van der Waals surface area (Å²) in [6.45, 7) is 2.65. The lowest BCUT2D eigenvalue weighted by Crippen LogP contribution is -2.35. The van der Waals surface area contributed by atoms with Gasteiger partial charge in [0.1, 0.15) is 0 Å². The number of halogens is 2. The van der Waals surface area contributed by atoms with Crippen LogP contribution in [0.4, 0.5) is 0 Å². The molecule has 0 amide bonds. The zero-order valence-corrected chi connectivity index (χ0v) is 17.7. The first-order valence-corrected chi connectivity index (χ1v) is 10.5. The average Bonchev–Trinajstić information content (AvgIpc) is 2.81. The van der Waals surface area contributed by atoms with Crippen molar-refractivity contribution < 1.29 is 8.42 Å². The molecule has 0 spiro atoms. The molecule has 0 aliphatic carbocycles. The van der Waals surface area contributed by atoms with E-state index in [2.05, 4.69) is 4.90 Å². The van der Waals surface area contributed by atoms with E-state index in [-0.39, 0.29) is 36.6 Å². The molecule has 3 rings (SSSR count). The van der Waals surface area contributed by atoms with Gasteiger partial charge in [-0.25, -0.2) is 8.42 Å². The van der Waals surface area contributed by atoms with Gasteiger partial charge < -0.3 is 5.73 Å². The Balaban J connectivity index is 0.00000182. The maximum absolute atomic E-state index is 12.7. The van der Waals surface area contributed by atoms with Gasteiger partial charge in [0.15, 0.2) is 9.84 Å². The monoisotopic (exact) mass is 430 g/mol. The molecular formula is C20H28Cl2N2O2S. The highest BCUT2D eigenvalue weighted by molar-refractivity contribution is 7.90. The maximum Gasteiger partial charge on any atom is 0.182 e. The molecule has 2 aromatic rings. The highest BCUT2D eigenvalue weighted by Crippen LogP contribution is 2.21. The second-order valence-corrected chi connectivity index (χ2v) is 8.82. The Labute approximate surface area is 174 Å². The fourth-order valence-electron chi connectivity index (χ4n) is 3.41. The molecule has 1 saturated heterocycles. The van der Waals surface area contributed by atoms with E-state index in [9.17, 15) is 8.42 Å². The van der Waals surface area contributed by atoms with Crippen LogP contribution >= 0.6 is 24.8 Å². The van der Waals surface area contributed by atoms with Crippen LogP contribution in [0, 0.1) is 0 Å². The van der Waals surface area contributed by atoms with Crippen LogP contribution in [0.15, 0.2) is 59.5 Å².